The molecule has 0 aliphatic rings. The van der Waals surface area contributed by atoms with Crippen LogP contribution in [0.4, 0.5) is 17.6 Å². The van der Waals surface area contributed by atoms with E-state index in [1.54, 1.807) is 0 Å². The average Bonchev–Trinajstić information content (AvgIpc) is 2.40. The Kier molecular flexibility index (Phi) is 7.34. The predicted octanol–water partition coefficient (Wildman–Crippen LogP) is 3.76. The molecule has 1 rings (SSSR count). The molecule has 7 heteroatoms. The smallest absolute Gasteiger partial charge is 0.411 e. The Labute approximate surface area is 125 Å². The summed E-state index contributed by atoms with van der Waals surface area (Å²) in [4.78, 5) is 0. The fraction of sp³-hybridized carbons (Fsp3) is 0.429. The minimum Gasteiger partial charge on any atom is -0.492 e. The summed E-state index contributed by atoms with van der Waals surface area (Å²) in [5.74, 6) is 5.19. The van der Waals surface area contributed by atoms with Crippen LogP contribution in [0, 0.1) is 17.7 Å². The van der Waals surface area contributed by atoms with E-state index in [0.29, 0.717) is 5.56 Å². The maximum Gasteiger partial charge on any atom is 0.411 e. The summed E-state index contributed by atoms with van der Waals surface area (Å²) >= 11 is 5.44. The van der Waals surface area contributed by atoms with Gasteiger partial charge in [0.1, 0.15) is 18.2 Å². The van der Waals surface area contributed by atoms with E-state index in [0.717, 1.165) is 6.07 Å². The van der Waals surface area contributed by atoms with Gasteiger partial charge < -0.3 is 9.47 Å². The number of hydrogen-bond donors (Lipinski definition) is 0. The van der Waals surface area contributed by atoms with E-state index in [-0.39, 0.29) is 31.3 Å². The Morgan fingerprint density at radius 3 is 2.62 bits per heavy atom. The maximum absolute atomic E-state index is 13.1. The van der Waals surface area contributed by atoms with Crippen molar-refractivity contribution >= 4 is 11.6 Å². The van der Waals surface area contributed by atoms with Crippen molar-refractivity contribution in [3.05, 3.63) is 29.6 Å². The van der Waals surface area contributed by atoms with Crippen LogP contribution in [0.15, 0.2) is 18.2 Å². The summed E-state index contributed by atoms with van der Waals surface area (Å²) in [5, 5.41) is 0. The predicted molar refractivity (Wildman–Crippen MR) is 71.0 cm³/mol. The van der Waals surface area contributed by atoms with Gasteiger partial charge in [-0.15, -0.1) is 11.6 Å². The maximum atomic E-state index is 13.1. The van der Waals surface area contributed by atoms with Crippen LogP contribution in [0.3, 0.4) is 0 Å². The molecule has 0 radical (unpaired) electrons. The van der Waals surface area contributed by atoms with Crippen LogP contribution in [0.25, 0.3) is 0 Å². The molecule has 0 saturated heterocycles. The summed E-state index contributed by atoms with van der Waals surface area (Å²) in [6.45, 7) is -1.30. The standard InChI is InChI=1S/C14H13ClF4O2/c15-6-1-3-11-4-5-12(16)9-13(11)21-8-2-7-20-10-14(17,18)19/h4-5,9H,2,6-8,10H2. The summed E-state index contributed by atoms with van der Waals surface area (Å²) < 4.78 is 58.3. The second kappa shape index (κ2) is 8.75. The molecule has 1 aromatic carbocycles. The van der Waals surface area contributed by atoms with Gasteiger partial charge in [0.2, 0.25) is 0 Å². The molecule has 0 fully saturated rings. The summed E-state index contributed by atoms with van der Waals surface area (Å²) in [6.07, 6.45) is -4.09. The fourth-order valence-corrected chi connectivity index (χ4v) is 1.45. The van der Waals surface area contributed by atoms with Gasteiger partial charge in [-0.1, -0.05) is 11.8 Å². The van der Waals surface area contributed by atoms with Crippen molar-refractivity contribution in [3.63, 3.8) is 0 Å². The van der Waals surface area contributed by atoms with E-state index in [4.69, 9.17) is 16.3 Å². The van der Waals surface area contributed by atoms with Crippen molar-refractivity contribution < 1.29 is 27.0 Å². The van der Waals surface area contributed by atoms with Gasteiger partial charge in [0.15, 0.2) is 0 Å². The highest BCUT2D eigenvalue weighted by Gasteiger charge is 2.27. The lowest BCUT2D eigenvalue weighted by molar-refractivity contribution is -0.174. The van der Waals surface area contributed by atoms with E-state index < -0.39 is 18.6 Å². The lowest BCUT2D eigenvalue weighted by Crippen LogP contribution is -2.18. The van der Waals surface area contributed by atoms with Crippen molar-refractivity contribution in [2.24, 2.45) is 0 Å². The molecule has 0 N–H and O–H groups in total. The van der Waals surface area contributed by atoms with Crippen molar-refractivity contribution in [3.8, 4) is 17.6 Å². The van der Waals surface area contributed by atoms with Gasteiger partial charge >= 0.3 is 6.18 Å². The quantitative estimate of drug-likeness (QED) is 0.343. The topological polar surface area (TPSA) is 18.5 Å². The Bertz CT molecular complexity index is 506. The fourth-order valence-electron chi connectivity index (χ4n) is 1.38. The Hall–Kier alpha value is -1.45. The molecule has 0 unspecified atom stereocenters. The first-order valence-electron chi connectivity index (χ1n) is 6.04. The van der Waals surface area contributed by atoms with Crippen molar-refractivity contribution in [1.82, 2.24) is 0 Å². The molecule has 0 aliphatic heterocycles. The molecule has 0 aromatic heterocycles. The molecule has 0 aliphatic carbocycles. The number of halogens is 5. The Morgan fingerprint density at radius 1 is 1.19 bits per heavy atom. The van der Waals surface area contributed by atoms with Crippen LogP contribution in [0.1, 0.15) is 12.0 Å². The molecule has 0 atom stereocenters. The van der Waals surface area contributed by atoms with Gasteiger partial charge in [0, 0.05) is 12.5 Å². The number of hydrogen-bond acceptors (Lipinski definition) is 2. The van der Waals surface area contributed by atoms with E-state index in [2.05, 4.69) is 16.6 Å². The van der Waals surface area contributed by atoms with Crippen LogP contribution in [-0.4, -0.2) is 31.9 Å². The van der Waals surface area contributed by atoms with Crippen LogP contribution in [0.2, 0.25) is 0 Å². The lowest BCUT2D eigenvalue weighted by Gasteiger charge is -2.10. The zero-order valence-electron chi connectivity index (χ0n) is 11.0. The van der Waals surface area contributed by atoms with Gasteiger partial charge in [-0.3, -0.25) is 0 Å². The summed E-state index contributed by atoms with van der Waals surface area (Å²) in [7, 11) is 0. The highest BCUT2D eigenvalue weighted by atomic mass is 35.5. The molecule has 0 bridgehead atoms. The Morgan fingerprint density at radius 2 is 1.95 bits per heavy atom. The molecule has 0 heterocycles. The largest absolute Gasteiger partial charge is 0.492 e. The number of ether oxygens (including phenoxy) is 2. The average molecular weight is 325 g/mol. The van der Waals surface area contributed by atoms with Crippen molar-refractivity contribution in [2.75, 3.05) is 25.7 Å². The molecule has 1 aromatic rings. The molecule has 21 heavy (non-hydrogen) atoms. The second-order valence-electron chi connectivity index (χ2n) is 3.95. The zero-order valence-corrected chi connectivity index (χ0v) is 11.7. The van der Waals surface area contributed by atoms with Gasteiger partial charge in [-0.25, -0.2) is 4.39 Å². The first-order valence-corrected chi connectivity index (χ1v) is 6.57. The molecular weight excluding hydrogens is 312 g/mol. The van der Waals surface area contributed by atoms with E-state index in [1.807, 2.05) is 0 Å². The minimum absolute atomic E-state index is 0.0941. The molecule has 116 valence electrons. The van der Waals surface area contributed by atoms with Gasteiger partial charge in [0.05, 0.1) is 24.7 Å². The third kappa shape index (κ3) is 7.78. The first-order chi connectivity index (χ1) is 9.92. The molecule has 0 amide bonds. The van der Waals surface area contributed by atoms with E-state index in [1.165, 1.54) is 12.1 Å². The zero-order chi connectivity index (χ0) is 15.7. The SMILES string of the molecule is Fc1ccc(C#CCCl)c(OCCCOCC(F)(F)F)c1. The van der Waals surface area contributed by atoms with Gasteiger partial charge in [0.25, 0.3) is 0 Å². The van der Waals surface area contributed by atoms with Crippen molar-refractivity contribution in [1.29, 1.82) is 0 Å². The highest BCUT2D eigenvalue weighted by Crippen LogP contribution is 2.19. The Balaban J connectivity index is 2.42. The molecule has 2 nitrogen and oxygen atoms in total. The molecular formula is C14H13ClF4O2. The van der Waals surface area contributed by atoms with Gasteiger partial charge in [-0.2, -0.15) is 13.2 Å². The van der Waals surface area contributed by atoms with Crippen LogP contribution >= 0.6 is 11.6 Å². The summed E-state index contributed by atoms with van der Waals surface area (Å²) in [6, 6.07) is 3.84. The lowest BCUT2D eigenvalue weighted by atomic mass is 10.2. The van der Waals surface area contributed by atoms with Crippen LogP contribution in [0.5, 0.6) is 5.75 Å². The van der Waals surface area contributed by atoms with Gasteiger partial charge in [-0.05, 0) is 12.1 Å². The number of alkyl halides is 4. The molecule has 0 saturated carbocycles. The number of benzene rings is 1. The van der Waals surface area contributed by atoms with E-state index in [9.17, 15) is 17.6 Å². The minimum atomic E-state index is -4.34. The third-order valence-corrected chi connectivity index (χ3v) is 2.32. The molecule has 0 spiro atoms. The van der Waals surface area contributed by atoms with E-state index >= 15 is 0 Å². The van der Waals surface area contributed by atoms with Crippen LogP contribution < -0.4 is 4.74 Å². The summed E-state index contributed by atoms with van der Waals surface area (Å²) in [5.41, 5.74) is 0.466. The van der Waals surface area contributed by atoms with Crippen molar-refractivity contribution in [2.45, 2.75) is 12.6 Å². The second-order valence-corrected chi connectivity index (χ2v) is 4.21. The highest BCUT2D eigenvalue weighted by molar-refractivity contribution is 6.19. The number of rotatable bonds is 6. The van der Waals surface area contributed by atoms with Crippen LogP contribution in [-0.2, 0) is 4.74 Å². The first kappa shape index (κ1) is 17.6. The third-order valence-electron chi connectivity index (χ3n) is 2.19. The monoisotopic (exact) mass is 324 g/mol. The normalized spacial score (nSPS) is 10.9.